The number of piperidine rings is 1. The van der Waals surface area contributed by atoms with Crippen molar-refractivity contribution in [3.8, 4) is 5.75 Å². The highest BCUT2D eigenvalue weighted by atomic mass is 35.5. The molecule has 30 heavy (non-hydrogen) atoms. The maximum atomic E-state index is 13.1. The number of amides is 1. The molecule has 0 saturated carbocycles. The van der Waals surface area contributed by atoms with Crippen LogP contribution in [0, 0.1) is 12.8 Å². The van der Waals surface area contributed by atoms with Gasteiger partial charge in [0.1, 0.15) is 16.5 Å². The van der Waals surface area contributed by atoms with Gasteiger partial charge in [-0.2, -0.15) is 4.31 Å². The fourth-order valence-electron chi connectivity index (χ4n) is 3.21. The van der Waals surface area contributed by atoms with E-state index in [-0.39, 0.29) is 23.1 Å². The van der Waals surface area contributed by atoms with Crippen molar-refractivity contribution in [2.75, 3.05) is 32.5 Å². The Morgan fingerprint density at radius 1 is 1.47 bits per heavy atom. The topological polar surface area (TPSA) is 117 Å². The first-order chi connectivity index (χ1) is 14.3. The molecule has 2 N–H and O–H groups in total. The normalized spacial score (nSPS) is 17.6. The molecule has 2 aromatic rings. The van der Waals surface area contributed by atoms with Gasteiger partial charge in [0, 0.05) is 30.4 Å². The summed E-state index contributed by atoms with van der Waals surface area (Å²) < 4.78 is 32.8. The summed E-state index contributed by atoms with van der Waals surface area (Å²) in [7, 11) is -2.42. The number of aromatic amines is 1. The van der Waals surface area contributed by atoms with Gasteiger partial charge >= 0.3 is 0 Å². The lowest BCUT2D eigenvalue weighted by atomic mass is 9.99. The smallest absolute Gasteiger partial charge is 0.246 e. The van der Waals surface area contributed by atoms with Crippen LogP contribution in [-0.4, -0.2) is 66.3 Å². The SMILES string of the molecule is COc1ccc(Cl)cc1S(=O)(=O)N1CCC[C@H](C(=O)NCCSc2n[nH]c(C)n2)C1. The first-order valence-electron chi connectivity index (χ1n) is 9.44. The zero-order chi connectivity index (χ0) is 21.7. The summed E-state index contributed by atoms with van der Waals surface area (Å²) in [4.78, 5) is 16.8. The Labute approximate surface area is 185 Å². The van der Waals surface area contributed by atoms with Crippen molar-refractivity contribution in [3.63, 3.8) is 0 Å². The minimum atomic E-state index is -3.83. The van der Waals surface area contributed by atoms with Crippen LogP contribution in [0.3, 0.4) is 0 Å². The number of sulfonamides is 1. The number of hydrogen-bond acceptors (Lipinski definition) is 7. The number of aromatic nitrogens is 3. The number of methoxy groups -OCH3 is 1. The number of thioether (sulfide) groups is 1. The third-order valence-corrected chi connectivity index (χ3v) is 7.68. The molecule has 0 bridgehead atoms. The van der Waals surface area contributed by atoms with Crippen LogP contribution in [0.1, 0.15) is 18.7 Å². The molecule has 0 radical (unpaired) electrons. The number of H-pyrrole nitrogens is 1. The lowest BCUT2D eigenvalue weighted by Gasteiger charge is -2.31. The maximum Gasteiger partial charge on any atom is 0.246 e. The molecular formula is C18H24ClN5O4S2. The van der Waals surface area contributed by atoms with Crippen molar-refractivity contribution in [1.29, 1.82) is 0 Å². The third kappa shape index (κ3) is 5.45. The molecule has 1 aromatic heterocycles. The molecule has 0 spiro atoms. The maximum absolute atomic E-state index is 13.1. The minimum absolute atomic E-state index is 0.0109. The molecule has 9 nitrogen and oxygen atoms in total. The molecular weight excluding hydrogens is 450 g/mol. The monoisotopic (exact) mass is 473 g/mol. The number of benzene rings is 1. The molecule has 1 saturated heterocycles. The summed E-state index contributed by atoms with van der Waals surface area (Å²) in [5.74, 6) is 1.03. The molecule has 1 atom stereocenters. The number of nitrogens with one attached hydrogen (secondary N) is 2. The molecule has 1 aliphatic rings. The molecule has 0 aliphatic carbocycles. The lowest BCUT2D eigenvalue weighted by molar-refractivity contribution is -0.125. The fourth-order valence-corrected chi connectivity index (χ4v) is 5.85. The number of ether oxygens (including phenoxy) is 1. The van der Waals surface area contributed by atoms with E-state index in [1.165, 1.54) is 35.3 Å². The summed E-state index contributed by atoms with van der Waals surface area (Å²) in [5.41, 5.74) is 0. The predicted octanol–water partition coefficient (Wildman–Crippen LogP) is 2.08. The van der Waals surface area contributed by atoms with Crippen LogP contribution in [0.2, 0.25) is 5.02 Å². The number of halogens is 1. The van der Waals surface area contributed by atoms with E-state index in [4.69, 9.17) is 16.3 Å². The number of carbonyl (C=O) groups excluding carboxylic acids is 1. The van der Waals surface area contributed by atoms with Gasteiger partial charge in [-0.25, -0.2) is 13.4 Å². The van der Waals surface area contributed by atoms with E-state index in [9.17, 15) is 13.2 Å². The third-order valence-electron chi connectivity index (χ3n) is 4.71. The number of rotatable bonds is 8. The summed E-state index contributed by atoms with van der Waals surface area (Å²) in [5, 5.41) is 10.6. The predicted molar refractivity (Wildman–Crippen MR) is 114 cm³/mol. The van der Waals surface area contributed by atoms with Gasteiger partial charge in [-0.1, -0.05) is 23.4 Å². The number of nitrogens with zero attached hydrogens (tertiary/aromatic N) is 3. The van der Waals surface area contributed by atoms with Gasteiger partial charge in [-0.15, -0.1) is 5.10 Å². The standard InChI is InChI=1S/C18H24ClN5O4S2/c1-12-21-18(23-22-12)29-9-7-20-17(25)13-4-3-8-24(11-13)30(26,27)16-10-14(19)5-6-15(16)28-2/h5-6,10,13H,3-4,7-9,11H2,1-2H3,(H,20,25)(H,21,22,23)/t13-/m0/s1. The second-order valence-electron chi connectivity index (χ2n) is 6.84. The van der Waals surface area contributed by atoms with Crippen molar-refractivity contribution in [2.24, 2.45) is 5.92 Å². The highest BCUT2D eigenvalue weighted by Gasteiger charge is 2.34. The van der Waals surface area contributed by atoms with Crippen LogP contribution in [0.5, 0.6) is 5.75 Å². The average Bonchev–Trinajstić information content (AvgIpc) is 3.16. The first-order valence-corrected chi connectivity index (χ1v) is 12.2. The Balaban J connectivity index is 1.59. The largest absolute Gasteiger partial charge is 0.495 e. The van der Waals surface area contributed by atoms with Crippen LogP contribution < -0.4 is 10.1 Å². The summed E-state index contributed by atoms with van der Waals surface area (Å²) in [6, 6.07) is 4.47. The fraction of sp³-hybridized carbons (Fsp3) is 0.500. The van der Waals surface area contributed by atoms with Gasteiger partial charge in [0.15, 0.2) is 0 Å². The molecule has 0 unspecified atom stereocenters. The molecule has 2 heterocycles. The van der Waals surface area contributed by atoms with Gasteiger partial charge in [0.05, 0.1) is 13.0 Å². The first kappa shape index (κ1) is 22.9. The zero-order valence-corrected chi connectivity index (χ0v) is 19.1. The van der Waals surface area contributed by atoms with Crippen molar-refractivity contribution < 1.29 is 17.9 Å². The van der Waals surface area contributed by atoms with Crippen molar-refractivity contribution in [2.45, 2.75) is 29.8 Å². The van der Waals surface area contributed by atoms with Crippen LogP contribution in [0.15, 0.2) is 28.3 Å². The Morgan fingerprint density at radius 3 is 2.97 bits per heavy atom. The van der Waals surface area contributed by atoms with Crippen LogP contribution in [0.4, 0.5) is 0 Å². The van der Waals surface area contributed by atoms with Crippen molar-refractivity contribution in [3.05, 3.63) is 29.0 Å². The number of hydrogen-bond donors (Lipinski definition) is 2. The van der Waals surface area contributed by atoms with Gasteiger partial charge in [-0.05, 0) is 38.0 Å². The minimum Gasteiger partial charge on any atom is -0.495 e. The molecule has 1 amide bonds. The molecule has 1 aliphatic heterocycles. The van der Waals surface area contributed by atoms with Crippen molar-refractivity contribution in [1.82, 2.24) is 24.8 Å². The molecule has 3 rings (SSSR count). The van der Waals surface area contributed by atoms with E-state index >= 15 is 0 Å². The number of carbonyl (C=O) groups is 1. The van der Waals surface area contributed by atoms with E-state index in [2.05, 4.69) is 20.5 Å². The van der Waals surface area contributed by atoms with E-state index in [0.29, 0.717) is 41.9 Å². The second kappa shape index (κ2) is 9.99. The number of aryl methyl sites for hydroxylation is 1. The summed E-state index contributed by atoms with van der Waals surface area (Å²) >= 11 is 7.44. The van der Waals surface area contributed by atoms with E-state index in [0.717, 1.165) is 5.82 Å². The van der Waals surface area contributed by atoms with Crippen LogP contribution in [-0.2, 0) is 14.8 Å². The summed E-state index contributed by atoms with van der Waals surface area (Å²) in [6.07, 6.45) is 1.24. The summed E-state index contributed by atoms with van der Waals surface area (Å²) in [6.45, 7) is 2.74. The second-order valence-corrected chi connectivity index (χ2v) is 10.2. The van der Waals surface area contributed by atoms with E-state index < -0.39 is 15.9 Å². The lowest BCUT2D eigenvalue weighted by Crippen LogP contribution is -2.45. The Kier molecular flexibility index (Phi) is 7.61. The molecule has 12 heteroatoms. The molecule has 1 fully saturated rings. The highest BCUT2D eigenvalue weighted by Crippen LogP contribution is 2.32. The van der Waals surface area contributed by atoms with Crippen molar-refractivity contribution >= 4 is 39.3 Å². The average molecular weight is 474 g/mol. The molecule has 164 valence electrons. The van der Waals surface area contributed by atoms with E-state index in [1.54, 1.807) is 6.07 Å². The molecule has 1 aromatic carbocycles. The zero-order valence-electron chi connectivity index (χ0n) is 16.7. The van der Waals surface area contributed by atoms with Gasteiger partial charge in [0.25, 0.3) is 0 Å². The van der Waals surface area contributed by atoms with Crippen LogP contribution in [0.25, 0.3) is 0 Å². The van der Waals surface area contributed by atoms with Crippen LogP contribution >= 0.6 is 23.4 Å². The Morgan fingerprint density at radius 2 is 2.27 bits per heavy atom. The Hall–Kier alpha value is -1.82. The highest BCUT2D eigenvalue weighted by molar-refractivity contribution is 7.99. The van der Waals surface area contributed by atoms with E-state index in [1.807, 2.05) is 6.92 Å². The quantitative estimate of drug-likeness (QED) is 0.445. The van der Waals surface area contributed by atoms with Gasteiger partial charge in [0.2, 0.25) is 21.1 Å². The van der Waals surface area contributed by atoms with Gasteiger partial charge in [-0.3, -0.25) is 9.89 Å². The van der Waals surface area contributed by atoms with Gasteiger partial charge < -0.3 is 10.1 Å². The Bertz CT molecular complexity index is 998.